The zero-order chi connectivity index (χ0) is 11.8. The fraction of sp³-hybridized carbons (Fsp3) is 0.455. The lowest BCUT2D eigenvalue weighted by atomic mass is 10.4. The van der Waals surface area contributed by atoms with E-state index in [2.05, 4.69) is 21.2 Å². The molecule has 86 valence electrons. The average molecular weight is 240 g/mol. The van der Waals surface area contributed by atoms with Crippen LogP contribution in [0.15, 0.2) is 6.07 Å². The highest BCUT2D eigenvalue weighted by Gasteiger charge is 2.02. The minimum absolute atomic E-state index is 0.362. The number of nitrogens with one attached hydrogen (secondary N) is 1. The van der Waals surface area contributed by atoms with E-state index in [4.69, 9.17) is 22.8 Å². The Morgan fingerprint density at radius 1 is 1.56 bits per heavy atom. The second kappa shape index (κ2) is 7.04. The van der Waals surface area contributed by atoms with Crippen LogP contribution in [-0.2, 0) is 11.3 Å². The van der Waals surface area contributed by atoms with Gasteiger partial charge >= 0.3 is 0 Å². The molecule has 4 nitrogen and oxygen atoms in total. The van der Waals surface area contributed by atoms with Gasteiger partial charge in [-0.25, -0.2) is 9.97 Å². The molecule has 0 spiro atoms. The van der Waals surface area contributed by atoms with Gasteiger partial charge in [0.05, 0.1) is 0 Å². The third-order valence-corrected chi connectivity index (χ3v) is 1.95. The lowest BCUT2D eigenvalue weighted by Crippen LogP contribution is -2.06. The quantitative estimate of drug-likeness (QED) is 0.469. The van der Waals surface area contributed by atoms with Crippen LogP contribution in [0, 0.1) is 12.3 Å². The standard InChI is InChI=1S/C11H14ClN3O/c1-3-5-6-13-10-7-9(12)14-11(15-10)8-16-4-2/h1,7H,4-6,8H2,2H3,(H,13,14,15). The van der Waals surface area contributed by atoms with Gasteiger partial charge < -0.3 is 10.1 Å². The molecule has 0 aliphatic heterocycles. The van der Waals surface area contributed by atoms with E-state index in [-0.39, 0.29) is 0 Å². The maximum absolute atomic E-state index is 5.85. The number of nitrogens with zero attached hydrogens (tertiary/aromatic N) is 2. The predicted molar refractivity (Wildman–Crippen MR) is 64.3 cm³/mol. The van der Waals surface area contributed by atoms with Crippen molar-refractivity contribution < 1.29 is 4.74 Å². The minimum atomic E-state index is 0.362. The topological polar surface area (TPSA) is 47.0 Å². The molecule has 0 aromatic carbocycles. The zero-order valence-electron chi connectivity index (χ0n) is 9.16. The molecule has 0 saturated carbocycles. The fourth-order valence-electron chi connectivity index (χ4n) is 1.08. The summed E-state index contributed by atoms with van der Waals surface area (Å²) in [6.07, 6.45) is 5.79. The normalized spacial score (nSPS) is 9.81. The molecule has 16 heavy (non-hydrogen) atoms. The number of terminal acetylenes is 1. The molecule has 1 heterocycles. The summed E-state index contributed by atoms with van der Waals surface area (Å²) in [5.74, 6) is 3.78. The van der Waals surface area contributed by atoms with Gasteiger partial charge in [-0.2, -0.15) is 0 Å². The third-order valence-electron chi connectivity index (χ3n) is 1.75. The SMILES string of the molecule is C#CCCNc1cc(Cl)nc(COCC)n1. The molecule has 0 aliphatic carbocycles. The van der Waals surface area contributed by atoms with Crippen LogP contribution < -0.4 is 5.32 Å². The van der Waals surface area contributed by atoms with Crippen LogP contribution in [-0.4, -0.2) is 23.1 Å². The molecule has 0 aliphatic rings. The first-order valence-corrected chi connectivity index (χ1v) is 5.42. The van der Waals surface area contributed by atoms with Crippen molar-refractivity contribution in [2.24, 2.45) is 0 Å². The van der Waals surface area contributed by atoms with Crippen LogP contribution in [0.1, 0.15) is 19.2 Å². The van der Waals surface area contributed by atoms with Crippen molar-refractivity contribution in [2.75, 3.05) is 18.5 Å². The van der Waals surface area contributed by atoms with Crippen LogP contribution >= 0.6 is 11.6 Å². The number of aromatic nitrogens is 2. The number of hydrogen-bond donors (Lipinski definition) is 1. The second-order valence-electron chi connectivity index (χ2n) is 3.01. The van der Waals surface area contributed by atoms with Crippen LogP contribution in [0.4, 0.5) is 5.82 Å². The highest BCUT2D eigenvalue weighted by atomic mass is 35.5. The summed E-state index contributed by atoms with van der Waals surface area (Å²) in [6.45, 7) is 3.56. The van der Waals surface area contributed by atoms with Gasteiger partial charge in [0.25, 0.3) is 0 Å². The van der Waals surface area contributed by atoms with Crippen molar-refractivity contribution in [2.45, 2.75) is 20.0 Å². The molecule has 0 bridgehead atoms. The van der Waals surface area contributed by atoms with Gasteiger partial charge in [0.1, 0.15) is 17.6 Å². The Hall–Kier alpha value is -1.31. The van der Waals surface area contributed by atoms with Crippen LogP contribution in [0.2, 0.25) is 5.15 Å². The Morgan fingerprint density at radius 2 is 2.38 bits per heavy atom. The highest BCUT2D eigenvalue weighted by molar-refractivity contribution is 6.29. The smallest absolute Gasteiger partial charge is 0.158 e. The molecule has 0 atom stereocenters. The van der Waals surface area contributed by atoms with Crippen molar-refractivity contribution in [3.63, 3.8) is 0 Å². The van der Waals surface area contributed by atoms with Crippen molar-refractivity contribution in [3.8, 4) is 12.3 Å². The molecule has 5 heteroatoms. The summed E-state index contributed by atoms with van der Waals surface area (Å²) < 4.78 is 5.21. The van der Waals surface area contributed by atoms with Gasteiger partial charge in [0.2, 0.25) is 0 Å². The zero-order valence-corrected chi connectivity index (χ0v) is 9.92. The molecule has 1 aromatic heterocycles. The lowest BCUT2D eigenvalue weighted by molar-refractivity contribution is 0.128. The number of anilines is 1. The first kappa shape index (κ1) is 12.8. The summed E-state index contributed by atoms with van der Waals surface area (Å²) in [5, 5.41) is 3.47. The number of halogens is 1. The average Bonchev–Trinajstić information content (AvgIpc) is 2.26. The van der Waals surface area contributed by atoms with Crippen LogP contribution in [0.5, 0.6) is 0 Å². The van der Waals surface area contributed by atoms with E-state index in [1.165, 1.54) is 0 Å². The maximum atomic E-state index is 5.85. The predicted octanol–water partition coefficient (Wildman–Crippen LogP) is 2.10. The number of hydrogen-bond acceptors (Lipinski definition) is 4. The highest BCUT2D eigenvalue weighted by Crippen LogP contribution is 2.12. The van der Waals surface area contributed by atoms with Gasteiger partial charge in [-0.3, -0.25) is 0 Å². The van der Waals surface area contributed by atoms with E-state index in [1.54, 1.807) is 6.07 Å². The first-order chi connectivity index (χ1) is 7.76. The van der Waals surface area contributed by atoms with Crippen LogP contribution in [0.25, 0.3) is 0 Å². The van der Waals surface area contributed by atoms with E-state index in [0.29, 0.717) is 43.0 Å². The largest absolute Gasteiger partial charge is 0.374 e. The third kappa shape index (κ3) is 4.47. The maximum Gasteiger partial charge on any atom is 0.158 e. The van der Waals surface area contributed by atoms with E-state index in [9.17, 15) is 0 Å². The molecule has 1 N–H and O–H groups in total. The molecule has 1 rings (SSSR count). The van der Waals surface area contributed by atoms with E-state index in [0.717, 1.165) is 0 Å². The van der Waals surface area contributed by atoms with Gasteiger partial charge in [-0.15, -0.1) is 12.3 Å². The van der Waals surface area contributed by atoms with Gasteiger partial charge in [0.15, 0.2) is 5.82 Å². The molecular formula is C11H14ClN3O. The molecule has 0 amide bonds. The van der Waals surface area contributed by atoms with Crippen molar-refractivity contribution in [3.05, 3.63) is 17.0 Å². The molecule has 0 saturated heterocycles. The minimum Gasteiger partial charge on any atom is -0.374 e. The van der Waals surface area contributed by atoms with E-state index >= 15 is 0 Å². The van der Waals surface area contributed by atoms with Crippen molar-refractivity contribution in [1.82, 2.24) is 9.97 Å². The van der Waals surface area contributed by atoms with E-state index < -0.39 is 0 Å². The number of rotatable bonds is 6. The van der Waals surface area contributed by atoms with Crippen LogP contribution in [0.3, 0.4) is 0 Å². The molecule has 0 radical (unpaired) electrons. The number of ether oxygens (including phenoxy) is 1. The summed E-state index contributed by atoms with van der Waals surface area (Å²) in [7, 11) is 0. The monoisotopic (exact) mass is 239 g/mol. The lowest BCUT2D eigenvalue weighted by Gasteiger charge is -2.06. The Morgan fingerprint density at radius 3 is 3.06 bits per heavy atom. The van der Waals surface area contributed by atoms with Gasteiger partial charge in [0, 0.05) is 25.6 Å². The molecule has 0 fully saturated rings. The summed E-state index contributed by atoms with van der Waals surface area (Å²) in [5.41, 5.74) is 0. The van der Waals surface area contributed by atoms with Gasteiger partial charge in [-0.05, 0) is 6.92 Å². The summed E-state index contributed by atoms with van der Waals surface area (Å²) >= 11 is 5.85. The Labute approximate surface area is 100 Å². The van der Waals surface area contributed by atoms with Gasteiger partial charge in [-0.1, -0.05) is 11.6 Å². The Kier molecular flexibility index (Phi) is 5.62. The van der Waals surface area contributed by atoms with Crippen molar-refractivity contribution >= 4 is 17.4 Å². The van der Waals surface area contributed by atoms with Crippen molar-refractivity contribution in [1.29, 1.82) is 0 Å². The second-order valence-corrected chi connectivity index (χ2v) is 3.40. The summed E-state index contributed by atoms with van der Waals surface area (Å²) in [4.78, 5) is 8.29. The van der Waals surface area contributed by atoms with E-state index in [1.807, 2.05) is 6.92 Å². The Balaban J connectivity index is 2.62. The molecule has 0 unspecified atom stereocenters. The first-order valence-electron chi connectivity index (χ1n) is 5.04. The molecular weight excluding hydrogens is 226 g/mol. The Bertz CT molecular complexity index is 376. The fourth-order valence-corrected chi connectivity index (χ4v) is 1.28. The summed E-state index contributed by atoms with van der Waals surface area (Å²) in [6, 6.07) is 1.66. The molecule has 1 aromatic rings.